The van der Waals surface area contributed by atoms with Crippen molar-refractivity contribution in [3.63, 3.8) is 0 Å². The van der Waals surface area contributed by atoms with Gasteiger partial charge in [0.05, 0.1) is 6.10 Å². The molecule has 2 rings (SSSR count). The lowest BCUT2D eigenvalue weighted by Crippen LogP contribution is -2.22. The largest absolute Gasteiger partial charge is 0.491 e. The third kappa shape index (κ3) is 4.52. The van der Waals surface area contributed by atoms with Crippen LogP contribution in [0.3, 0.4) is 0 Å². The number of aliphatic hydroxyl groups excluding tert-OH is 1. The number of imidazole rings is 1. The summed E-state index contributed by atoms with van der Waals surface area (Å²) in [5.74, 6) is 1.40. The standard InChI is InChI=1S/C17H24N2O2S/c1-17(2,3)14-7-5-6-8-15(14)21-11-13(20)12-22-16-18-9-10-19(16)4/h5-10,13,20H,11-12H2,1-4H3. The van der Waals surface area contributed by atoms with E-state index in [2.05, 4.69) is 31.8 Å². The smallest absolute Gasteiger partial charge is 0.167 e. The number of ether oxygens (including phenoxy) is 1. The molecule has 0 spiro atoms. The maximum atomic E-state index is 10.1. The molecule has 0 saturated heterocycles. The van der Waals surface area contributed by atoms with Crippen molar-refractivity contribution in [3.05, 3.63) is 42.2 Å². The quantitative estimate of drug-likeness (QED) is 0.830. The van der Waals surface area contributed by atoms with E-state index in [1.54, 1.807) is 6.20 Å². The van der Waals surface area contributed by atoms with Crippen molar-refractivity contribution in [2.75, 3.05) is 12.4 Å². The Morgan fingerprint density at radius 3 is 2.68 bits per heavy atom. The first-order chi connectivity index (χ1) is 10.4. The van der Waals surface area contributed by atoms with Crippen LogP contribution in [0.2, 0.25) is 0 Å². The van der Waals surface area contributed by atoms with Crippen LogP contribution in [0.4, 0.5) is 0 Å². The maximum absolute atomic E-state index is 10.1. The lowest BCUT2D eigenvalue weighted by atomic mass is 9.86. The van der Waals surface area contributed by atoms with E-state index in [1.807, 2.05) is 36.0 Å². The maximum Gasteiger partial charge on any atom is 0.167 e. The zero-order chi connectivity index (χ0) is 16.2. The summed E-state index contributed by atoms with van der Waals surface area (Å²) >= 11 is 1.53. The number of para-hydroxylation sites is 1. The SMILES string of the molecule is Cn1ccnc1SCC(O)COc1ccccc1C(C)(C)C. The van der Waals surface area contributed by atoms with E-state index in [1.165, 1.54) is 11.8 Å². The van der Waals surface area contributed by atoms with Gasteiger partial charge in [0.25, 0.3) is 0 Å². The number of hydrogen-bond acceptors (Lipinski definition) is 4. The van der Waals surface area contributed by atoms with Gasteiger partial charge >= 0.3 is 0 Å². The molecule has 120 valence electrons. The third-order valence-corrected chi connectivity index (χ3v) is 4.51. The summed E-state index contributed by atoms with van der Waals surface area (Å²) in [6.07, 6.45) is 3.12. The number of aromatic nitrogens is 2. The van der Waals surface area contributed by atoms with Crippen molar-refractivity contribution in [3.8, 4) is 5.75 Å². The molecule has 1 heterocycles. The van der Waals surface area contributed by atoms with Crippen molar-refractivity contribution in [2.24, 2.45) is 7.05 Å². The molecule has 0 saturated carbocycles. The second-order valence-corrected chi connectivity index (χ2v) is 7.33. The van der Waals surface area contributed by atoms with Gasteiger partial charge in [0.2, 0.25) is 0 Å². The molecule has 1 unspecified atom stereocenters. The minimum Gasteiger partial charge on any atom is -0.491 e. The van der Waals surface area contributed by atoms with Gasteiger partial charge in [-0.05, 0) is 17.0 Å². The van der Waals surface area contributed by atoms with Gasteiger partial charge in [-0.3, -0.25) is 0 Å². The molecule has 1 aromatic carbocycles. The molecule has 0 radical (unpaired) electrons. The Bertz CT molecular complexity index is 605. The number of rotatable bonds is 6. The van der Waals surface area contributed by atoms with Gasteiger partial charge in [-0.15, -0.1) is 0 Å². The Morgan fingerprint density at radius 1 is 1.32 bits per heavy atom. The monoisotopic (exact) mass is 320 g/mol. The average Bonchev–Trinajstić information content (AvgIpc) is 2.87. The van der Waals surface area contributed by atoms with Gasteiger partial charge in [0, 0.05) is 25.2 Å². The summed E-state index contributed by atoms with van der Waals surface area (Å²) in [6.45, 7) is 6.75. The van der Waals surface area contributed by atoms with Gasteiger partial charge in [0.15, 0.2) is 5.16 Å². The molecule has 0 aliphatic rings. The molecule has 0 aliphatic heterocycles. The second kappa shape index (κ2) is 7.20. The Labute approximate surface area is 136 Å². The fourth-order valence-electron chi connectivity index (χ4n) is 2.11. The van der Waals surface area contributed by atoms with Crippen LogP contribution in [0.1, 0.15) is 26.3 Å². The summed E-state index contributed by atoms with van der Waals surface area (Å²) in [7, 11) is 1.94. The first-order valence-electron chi connectivity index (χ1n) is 7.38. The summed E-state index contributed by atoms with van der Waals surface area (Å²) in [6, 6.07) is 8.00. The Kier molecular flexibility index (Phi) is 5.53. The van der Waals surface area contributed by atoms with Crippen LogP contribution < -0.4 is 4.74 Å². The van der Waals surface area contributed by atoms with Crippen molar-refractivity contribution >= 4 is 11.8 Å². The number of nitrogens with zero attached hydrogens (tertiary/aromatic N) is 2. The highest BCUT2D eigenvalue weighted by Gasteiger charge is 2.19. The Hall–Kier alpha value is -1.46. The van der Waals surface area contributed by atoms with Gasteiger partial charge in [-0.1, -0.05) is 50.7 Å². The van der Waals surface area contributed by atoms with E-state index in [0.717, 1.165) is 16.5 Å². The molecule has 0 bridgehead atoms. The van der Waals surface area contributed by atoms with Crippen LogP contribution in [0.5, 0.6) is 5.75 Å². The van der Waals surface area contributed by atoms with Gasteiger partial charge in [-0.2, -0.15) is 0 Å². The predicted molar refractivity (Wildman–Crippen MR) is 90.6 cm³/mol. The number of aliphatic hydroxyl groups is 1. The summed E-state index contributed by atoms with van der Waals surface area (Å²) < 4.78 is 7.77. The van der Waals surface area contributed by atoms with Crippen molar-refractivity contribution in [1.82, 2.24) is 9.55 Å². The number of thioether (sulfide) groups is 1. The summed E-state index contributed by atoms with van der Waals surface area (Å²) in [5, 5.41) is 11.0. The molecule has 1 atom stereocenters. The topological polar surface area (TPSA) is 47.3 Å². The van der Waals surface area contributed by atoms with Gasteiger partial charge in [0.1, 0.15) is 12.4 Å². The highest BCUT2D eigenvalue weighted by molar-refractivity contribution is 7.99. The first kappa shape index (κ1) is 16.9. The molecule has 0 amide bonds. The minimum atomic E-state index is -0.533. The molecule has 1 aromatic heterocycles. The van der Waals surface area contributed by atoms with Crippen LogP contribution >= 0.6 is 11.8 Å². The molecule has 1 N–H and O–H groups in total. The lowest BCUT2D eigenvalue weighted by Gasteiger charge is -2.23. The van der Waals surface area contributed by atoms with E-state index in [9.17, 15) is 5.11 Å². The second-order valence-electron chi connectivity index (χ2n) is 6.34. The predicted octanol–water partition coefficient (Wildman–Crippen LogP) is 3.25. The molecule has 4 nitrogen and oxygen atoms in total. The van der Waals surface area contributed by atoms with Gasteiger partial charge in [-0.25, -0.2) is 4.98 Å². The van der Waals surface area contributed by atoms with E-state index >= 15 is 0 Å². The lowest BCUT2D eigenvalue weighted by molar-refractivity contribution is 0.125. The van der Waals surface area contributed by atoms with Crippen LogP contribution in [0.25, 0.3) is 0 Å². The van der Waals surface area contributed by atoms with Crippen molar-refractivity contribution in [1.29, 1.82) is 0 Å². The number of benzene rings is 1. The zero-order valence-electron chi connectivity index (χ0n) is 13.6. The van der Waals surface area contributed by atoms with Gasteiger partial charge < -0.3 is 14.4 Å². The fourth-order valence-corrected chi connectivity index (χ4v) is 2.95. The normalized spacial score (nSPS) is 13.1. The van der Waals surface area contributed by atoms with E-state index in [0.29, 0.717) is 5.75 Å². The molecule has 5 heteroatoms. The van der Waals surface area contributed by atoms with E-state index in [4.69, 9.17) is 4.74 Å². The molecule has 0 fully saturated rings. The Balaban J connectivity index is 1.89. The fraction of sp³-hybridized carbons (Fsp3) is 0.471. The summed E-state index contributed by atoms with van der Waals surface area (Å²) in [4.78, 5) is 4.23. The van der Waals surface area contributed by atoms with Crippen LogP contribution in [0, 0.1) is 0 Å². The van der Waals surface area contributed by atoms with E-state index < -0.39 is 6.10 Å². The van der Waals surface area contributed by atoms with E-state index in [-0.39, 0.29) is 12.0 Å². The van der Waals surface area contributed by atoms with Crippen molar-refractivity contribution < 1.29 is 9.84 Å². The molecule has 0 aliphatic carbocycles. The molecule has 22 heavy (non-hydrogen) atoms. The highest BCUT2D eigenvalue weighted by atomic mass is 32.2. The van der Waals surface area contributed by atoms with Crippen LogP contribution in [-0.2, 0) is 12.5 Å². The number of hydrogen-bond donors (Lipinski definition) is 1. The zero-order valence-corrected chi connectivity index (χ0v) is 14.4. The van der Waals surface area contributed by atoms with Crippen molar-refractivity contribution in [2.45, 2.75) is 37.4 Å². The summed E-state index contributed by atoms with van der Waals surface area (Å²) in [5.41, 5.74) is 1.17. The number of aryl methyl sites for hydroxylation is 1. The van der Waals surface area contributed by atoms with Crippen LogP contribution in [-0.4, -0.2) is 33.1 Å². The highest BCUT2D eigenvalue weighted by Crippen LogP contribution is 2.31. The Morgan fingerprint density at radius 2 is 2.05 bits per heavy atom. The van der Waals surface area contributed by atoms with Crippen LogP contribution in [0.15, 0.2) is 41.8 Å². The molecular formula is C17H24N2O2S. The molecule has 2 aromatic rings. The third-order valence-electron chi connectivity index (χ3n) is 3.31. The minimum absolute atomic E-state index is 0.0171. The average molecular weight is 320 g/mol. The first-order valence-corrected chi connectivity index (χ1v) is 8.37. The molecular weight excluding hydrogens is 296 g/mol.